The molecule has 4 atom stereocenters. The summed E-state index contributed by atoms with van der Waals surface area (Å²) < 4.78 is 42.1. The molecule has 122 valence electrons. The van der Waals surface area contributed by atoms with Gasteiger partial charge in [0.15, 0.2) is 15.6 Å². The molecule has 1 aromatic carbocycles. The maximum absolute atomic E-state index is 12.5. The summed E-state index contributed by atoms with van der Waals surface area (Å²) in [6.45, 7) is 3.30. The zero-order chi connectivity index (χ0) is 16.0. The van der Waals surface area contributed by atoms with Crippen molar-refractivity contribution in [1.82, 2.24) is 0 Å². The Kier molecular flexibility index (Phi) is 4.03. The van der Waals surface area contributed by atoms with Crippen molar-refractivity contribution in [3.63, 3.8) is 0 Å². The highest BCUT2D eigenvalue weighted by Crippen LogP contribution is 2.39. The molecular weight excluding hydrogens is 308 g/mol. The summed E-state index contributed by atoms with van der Waals surface area (Å²) in [5.41, 5.74) is 0. The molecule has 0 amide bonds. The van der Waals surface area contributed by atoms with Gasteiger partial charge in [0.05, 0.1) is 17.3 Å². The smallest absolute Gasteiger partial charge is 0.181 e. The quantitative estimate of drug-likeness (QED) is 0.878. The largest absolute Gasteiger partial charge is 0.394 e. The van der Waals surface area contributed by atoms with E-state index in [1.807, 2.05) is 0 Å². The standard InChI is InChI=1S/C15H20O6S/c1-15(2)20-13-11(8-16)19-12(14(13)21-15)9-22(17,18)10-6-4-3-5-7-10/h3-7,11-14,16H,8-9H2,1-2H3/t11-,12+,13-,14?/m1/s1. The molecule has 0 spiro atoms. The highest BCUT2D eigenvalue weighted by molar-refractivity contribution is 7.91. The molecule has 6 nitrogen and oxygen atoms in total. The third-order valence-electron chi connectivity index (χ3n) is 3.91. The van der Waals surface area contributed by atoms with Crippen molar-refractivity contribution in [2.75, 3.05) is 12.4 Å². The second-order valence-corrected chi connectivity index (χ2v) is 8.09. The van der Waals surface area contributed by atoms with E-state index in [4.69, 9.17) is 14.2 Å². The van der Waals surface area contributed by atoms with Crippen molar-refractivity contribution in [3.05, 3.63) is 30.3 Å². The minimum absolute atomic E-state index is 0.200. The number of benzene rings is 1. The summed E-state index contributed by atoms with van der Waals surface area (Å²) in [6.07, 6.45) is -2.17. The van der Waals surface area contributed by atoms with E-state index < -0.39 is 40.0 Å². The fraction of sp³-hybridized carbons (Fsp3) is 0.600. The van der Waals surface area contributed by atoms with Crippen LogP contribution in [0, 0.1) is 0 Å². The minimum Gasteiger partial charge on any atom is -0.394 e. The van der Waals surface area contributed by atoms with Gasteiger partial charge in [-0.1, -0.05) is 18.2 Å². The van der Waals surface area contributed by atoms with Gasteiger partial charge in [-0.3, -0.25) is 0 Å². The third kappa shape index (κ3) is 2.91. The first kappa shape index (κ1) is 15.9. The monoisotopic (exact) mass is 328 g/mol. The second-order valence-electron chi connectivity index (χ2n) is 6.05. The van der Waals surface area contributed by atoms with Gasteiger partial charge in [0, 0.05) is 0 Å². The van der Waals surface area contributed by atoms with Gasteiger partial charge in [0.1, 0.15) is 24.4 Å². The van der Waals surface area contributed by atoms with Gasteiger partial charge < -0.3 is 19.3 Å². The van der Waals surface area contributed by atoms with Gasteiger partial charge in [0.2, 0.25) is 0 Å². The van der Waals surface area contributed by atoms with Crippen LogP contribution in [-0.4, -0.2) is 56.1 Å². The van der Waals surface area contributed by atoms with E-state index in [1.165, 1.54) is 0 Å². The summed E-state index contributed by atoms with van der Waals surface area (Å²) in [5.74, 6) is -1.00. The van der Waals surface area contributed by atoms with Crippen molar-refractivity contribution in [1.29, 1.82) is 0 Å². The molecule has 2 aliphatic rings. The molecule has 0 aromatic heterocycles. The maximum Gasteiger partial charge on any atom is 0.181 e. The van der Waals surface area contributed by atoms with Gasteiger partial charge in [-0.05, 0) is 26.0 Å². The molecule has 1 aromatic rings. The molecule has 0 aliphatic carbocycles. The second kappa shape index (κ2) is 5.58. The van der Waals surface area contributed by atoms with Crippen LogP contribution in [0.5, 0.6) is 0 Å². The van der Waals surface area contributed by atoms with Crippen LogP contribution in [0.4, 0.5) is 0 Å². The van der Waals surface area contributed by atoms with E-state index in [0.29, 0.717) is 0 Å². The van der Waals surface area contributed by atoms with Crippen molar-refractivity contribution >= 4 is 9.84 Å². The SMILES string of the molecule is CC1(C)OC2[C@H](CS(=O)(=O)c3ccccc3)O[C@H](CO)[C@H]2O1. The Morgan fingerprint density at radius 1 is 1.09 bits per heavy atom. The van der Waals surface area contributed by atoms with Gasteiger partial charge in [-0.2, -0.15) is 0 Å². The number of hydrogen-bond donors (Lipinski definition) is 1. The molecule has 1 N–H and O–H groups in total. The lowest BCUT2D eigenvalue weighted by Crippen LogP contribution is -2.34. The summed E-state index contributed by atoms with van der Waals surface area (Å²) in [4.78, 5) is 0.251. The first-order valence-corrected chi connectivity index (χ1v) is 8.87. The van der Waals surface area contributed by atoms with E-state index in [2.05, 4.69) is 0 Å². The Labute approximate surface area is 129 Å². The molecule has 0 bridgehead atoms. The van der Waals surface area contributed by atoms with E-state index in [0.717, 1.165) is 0 Å². The molecule has 22 heavy (non-hydrogen) atoms. The van der Waals surface area contributed by atoms with Crippen molar-refractivity contribution in [3.8, 4) is 0 Å². The molecule has 2 fully saturated rings. The lowest BCUT2D eigenvalue weighted by Gasteiger charge is -2.23. The van der Waals surface area contributed by atoms with Crippen molar-refractivity contribution in [2.45, 2.75) is 48.9 Å². The average Bonchev–Trinajstić information content (AvgIpc) is 2.94. The van der Waals surface area contributed by atoms with Crippen LogP contribution in [-0.2, 0) is 24.0 Å². The summed E-state index contributed by atoms with van der Waals surface area (Å²) in [6, 6.07) is 8.24. The Morgan fingerprint density at radius 3 is 2.27 bits per heavy atom. The molecule has 7 heteroatoms. The number of ether oxygens (including phenoxy) is 3. The summed E-state index contributed by atoms with van der Waals surface area (Å²) >= 11 is 0. The Bertz CT molecular complexity index is 627. The van der Waals surface area contributed by atoms with Gasteiger partial charge in [-0.15, -0.1) is 0 Å². The Balaban J connectivity index is 1.81. The average molecular weight is 328 g/mol. The van der Waals surface area contributed by atoms with Crippen molar-refractivity contribution in [2.24, 2.45) is 0 Å². The van der Waals surface area contributed by atoms with Crippen LogP contribution >= 0.6 is 0 Å². The highest BCUT2D eigenvalue weighted by Gasteiger charge is 2.55. The number of aliphatic hydroxyl groups excluding tert-OH is 1. The number of rotatable bonds is 4. The molecule has 1 unspecified atom stereocenters. The highest BCUT2D eigenvalue weighted by atomic mass is 32.2. The lowest BCUT2D eigenvalue weighted by molar-refractivity contribution is -0.187. The van der Waals surface area contributed by atoms with Crippen LogP contribution in [0.1, 0.15) is 13.8 Å². The van der Waals surface area contributed by atoms with E-state index in [9.17, 15) is 13.5 Å². The van der Waals surface area contributed by atoms with Crippen LogP contribution in [0.2, 0.25) is 0 Å². The van der Waals surface area contributed by atoms with Crippen LogP contribution in [0.15, 0.2) is 35.2 Å². The van der Waals surface area contributed by atoms with Crippen LogP contribution < -0.4 is 0 Å². The van der Waals surface area contributed by atoms with Crippen LogP contribution in [0.25, 0.3) is 0 Å². The number of hydrogen-bond acceptors (Lipinski definition) is 6. The molecule has 0 radical (unpaired) electrons. The minimum atomic E-state index is -3.49. The normalized spacial score (nSPS) is 33.8. The predicted molar refractivity (Wildman–Crippen MR) is 78.1 cm³/mol. The third-order valence-corrected chi connectivity index (χ3v) is 5.67. The zero-order valence-corrected chi connectivity index (χ0v) is 13.3. The van der Waals surface area contributed by atoms with Crippen molar-refractivity contribution < 1.29 is 27.7 Å². The maximum atomic E-state index is 12.5. The fourth-order valence-corrected chi connectivity index (χ4v) is 4.46. The molecule has 2 saturated heterocycles. The predicted octanol–water partition coefficient (Wildman–Crippen LogP) is 0.740. The zero-order valence-electron chi connectivity index (χ0n) is 12.5. The molecule has 0 saturated carbocycles. The Morgan fingerprint density at radius 2 is 1.68 bits per heavy atom. The van der Waals surface area contributed by atoms with E-state index in [-0.39, 0.29) is 17.3 Å². The number of fused-ring (bicyclic) bond motifs is 1. The number of sulfone groups is 1. The summed E-state index contributed by atoms with van der Waals surface area (Å²) in [5, 5.41) is 9.41. The molecule has 2 heterocycles. The molecule has 3 rings (SSSR count). The first-order chi connectivity index (χ1) is 10.3. The summed E-state index contributed by atoms with van der Waals surface area (Å²) in [7, 11) is -3.49. The first-order valence-electron chi connectivity index (χ1n) is 7.22. The Hall–Kier alpha value is -0.990. The van der Waals surface area contributed by atoms with E-state index in [1.54, 1.807) is 44.2 Å². The molecular formula is C15H20O6S. The van der Waals surface area contributed by atoms with Gasteiger partial charge in [-0.25, -0.2) is 8.42 Å². The topological polar surface area (TPSA) is 82.1 Å². The number of aliphatic hydroxyl groups is 1. The van der Waals surface area contributed by atoms with E-state index >= 15 is 0 Å². The lowest BCUT2D eigenvalue weighted by atomic mass is 10.1. The fourth-order valence-electron chi connectivity index (χ4n) is 2.99. The molecule has 2 aliphatic heterocycles. The van der Waals surface area contributed by atoms with Gasteiger partial charge in [0.25, 0.3) is 0 Å². The van der Waals surface area contributed by atoms with Gasteiger partial charge >= 0.3 is 0 Å². The van der Waals surface area contributed by atoms with Crippen LogP contribution in [0.3, 0.4) is 0 Å².